The number of ether oxygens (including phenoxy) is 3. The van der Waals surface area contributed by atoms with Crippen molar-refractivity contribution < 1.29 is 19.0 Å². The Labute approximate surface area is 137 Å². The first-order chi connectivity index (χ1) is 10.8. The van der Waals surface area contributed by atoms with Crippen LogP contribution >= 0.6 is 0 Å². The van der Waals surface area contributed by atoms with Gasteiger partial charge in [0.25, 0.3) is 0 Å². The maximum atomic E-state index is 11.7. The van der Waals surface area contributed by atoms with Crippen molar-refractivity contribution in [3.8, 4) is 11.5 Å². The van der Waals surface area contributed by atoms with Crippen molar-refractivity contribution in [1.29, 1.82) is 0 Å². The molecule has 1 saturated carbocycles. The Bertz CT molecular complexity index is 554. The Hall–Kier alpha value is -1.95. The zero-order valence-corrected chi connectivity index (χ0v) is 14.4. The summed E-state index contributed by atoms with van der Waals surface area (Å²) < 4.78 is 15.8. The summed E-state index contributed by atoms with van der Waals surface area (Å²) in [7, 11) is 3.27. The van der Waals surface area contributed by atoms with Gasteiger partial charge in [-0.25, -0.2) is 4.79 Å². The molecular weight excluding hydrogens is 296 g/mol. The minimum absolute atomic E-state index is 0.120. The van der Waals surface area contributed by atoms with E-state index in [9.17, 15) is 4.79 Å². The summed E-state index contributed by atoms with van der Waals surface area (Å²) in [5, 5.41) is 6.28. The lowest BCUT2D eigenvalue weighted by Gasteiger charge is -2.19. The van der Waals surface area contributed by atoms with Gasteiger partial charge in [0.15, 0.2) is 0 Å². The highest BCUT2D eigenvalue weighted by molar-refractivity contribution is 5.68. The van der Waals surface area contributed by atoms with Gasteiger partial charge in [-0.2, -0.15) is 0 Å². The van der Waals surface area contributed by atoms with Crippen LogP contribution in [0.1, 0.15) is 32.8 Å². The Kier molecular flexibility index (Phi) is 5.36. The molecule has 1 aliphatic carbocycles. The lowest BCUT2D eigenvalue weighted by molar-refractivity contribution is 0.0522. The highest BCUT2D eigenvalue weighted by Gasteiger charge is 2.38. The van der Waals surface area contributed by atoms with Crippen LogP contribution in [0, 0.1) is 0 Å². The van der Waals surface area contributed by atoms with Gasteiger partial charge >= 0.3 is 6.09 Å². The van der Waals surface area contributed by atoms with Crippen LogP contribution in [0.5, 0.6) is 11.5 Å². The molecule has 0 radical (unpaired) electrons. The summed E-state index contributed by atoms with van der Waals surface area (Å²) in [5.41, 5.74) is 0.578. The second-order valence-corrected chi connectivity index (χ2v) is 6.65. The van der Waals surface area contributed by atoms with Crippen molar-refractivity contribution in [2.75, 3.05) is 14.2 Å². The van der Waals surface area contributed by atoms with E-state index in [2.05, 4.69) is 10.6 Å². The van der Waals surface area contributed by atoms with E-state index >= 15 is 0 Å². The third-order valence-electron chi connectivity index (χ3n) is 3.54. The number of nitrogens with one attached hydrogen (secondary N) is 2. The molecule has 0 aliphatic heterocycles. The van der Waals surface area contributed by atoms with E-state index in [0.29, 0.717) is 6.54 Å². The molecule has 0 heterocycles. The number of methoxy groups -OCH3 is 2. The molecule has 2 atom stereocenters. The normalized spacial score (nSPS) is 19.9. The van der Waals surface area contributed by atoms with E-state index in [0.717, 1.165) is 23.5 Å². The summed E-state index contributed by atoms with van der Waals surface area (Å²) in [6.07, 6.45) is 0.534. The average molecular weight is 322 g/mol. The van der Waals surface area contributed by atoms with Gasteiger partial charge in [-0.05, 0) is 33.3 Å². The predicted molar refractivity (Wildman–Crippen MR) is 87.9 cm³/mol. The smallest absolute Gasteiger partial charge is 0.407 e. The fraction of sp³-hybridized carbons (Fsp3) is 0.588. The van der Waals surface area contributed by atoms with Gasteiger partial charge in [0.2, 0.25) is 0 Å². The number of hydrogen-bond acceptors (Lipinski definition) is 5. The topological polar surface area (TPSA) is 68.8 Å². The molecule has 6 nitrogen and oxygen atoms in total. The Morgan fingerprint density at radius 3 is 2.57 bits per heavy atom. The maximum absolute atomic E-state index is 11.7. The molecule has 2 unspecified atom stereocenters. The number of rotatable bonds is 6. The Balaban J connectivity index is 1.79. The van der Waals surface area contributed by atoms with Crippen molar-refractivity contribution in [2.45, 2.75) is 51.4 Å². The van der Waals surface area contributed by atoms with Gasteiger partial charge in [-0.15, -0.1) is 0 Å². The number of benzene rings is 1. The van der Waals surface area contributed by atoms with Gasteiger partial charge in [0.05, 0.1) is 14.2 Å². The molecule has 2 N–H and O–H groups in total. The fourth-order valence-electron chi connectivity index (χ4n) is 2.28. The highest BCUT2D eigenvalue weighted by atomic mass is 16.6. The molecule has 1 fully saturated rings. The van der Waals surface area contributed by atoms with Gasteiger partial charge in [-0.1, -0.05) is 6.07 Å². The van der Waals surface area contributed by atoms with E-state index in [4.69, 9.17) is 14.2 Å². The van der Waals surface area contributed by atoms with E-state index in [1.54, 1.807) is 14.2 Å². The van der Waals surface area contributed by atoms with Crippen molar-refractivity contribution in [3.05, 3.63) is 23.8 Å². The number of alkyl carbamates (subject to hydrolysis) is 1. The molecule has 1 amide bonds. The predicted octanol–water partition coefficient (Wildman–Crippen LogP) is 2.46. The SMILES string of the molecule is COc1ccc(CNC2CC2NC(=O)OC(C)(C)C)c(OC)c1. The molecule has 128 valence electrons. The monoisotopic (exact) mass is 322 g/mol. The van der Waals surface area contributed by atoms with Crippen LogP contribution in [0.15, 0.2) is 18.2 Å². The number of hydrogen-bond donors (Lipinski definition) is 2. The highest BCUT2D eigenvalue weighted by Crippen LogP contribution is 2.27. The van der Waals surface area contributed by atoms with Crippen molar-refractivity contribution in [1.82, 2.24) is 10.6 Å². The largest absolute Gasteiger partial charge is 0.497 e. The lowest BCUT2D eigenvalue weighted by atomic mass is 10.2. The van der Waals surface area contributed by atoms with Crippen molar-refractivity contribution in [3.63, 3.8) is 0 Å². The molecule has 0 spiro atoms. The molecule has 0 saturated heterocycles. The molecular formula is C17H26N2O4. The third-order valence-corrected chi connectivity index (χ3v) is 3.54. The van der Waals surface area contributed by atoms with E-state index in [-0.39, 0.29) is 18.2 Å². The van der Waals surface area contributed by atoms with Crippen LogP contribution < -0.4 is 20.1 Å². The van der Waals surface area contributed by atoms with Crippen LogP contribution in [0.25, 0.3) is 0 Å². The van der Waals surface area contributed by atoms with Gasteiger partial charge in [0.1, 0.15) is 17.1 Å². The summed E-state index contributed by atoms with van der Waals surface area (Å²) in [5.74, 6) is 1.55. The molecule has 2 rings (SSSR count). The Morgan fingerprint density at radius 1 is 1.22 bits per heavy atom. The van der Waals surface area contributed by atoms with Crippen molar-refractivity contribution in [2.24, 2.45) is 0 Å². The molecule has 1 aliphatic rings. The van der Waals surface area contributed by atoms with Crippen molar-refractivity contribution >= 4 is 6.09 Å². The van der Waals surface area contributed by atoms with Crippen LogP contribution in [-0.2, 0) is 11.3 Å². The number of amides is 1. The maximum Gasteiger partial charge on any atom is 0.407 e. The summed E-state index contributed by atoms with van der Waals surface area (Å²) in [6, 6.07) is 6.12. The first-order valence-electron chi connectivity index (χ1n) is 7.76. The second kappa shape index (κ2) is 7.08. The summed E-state index contributed by atoms with van der Waals surface area (Å²) in [6.45, 7) is 6.23. The minimum atomic E-state index is -0.474. The zero-order valence-electron chi connectivity index (χ0n) is 14.4. The van der Waals surface area contributed by atoms with Gasteiger partial charge in [0, 0.05) is 30.3 Å². The van der Waals surface area contributed by atoms with E-state index in [1.807, 2.05) is 39.0 Å². The first-order valence-corrected chi connectivity index (χ1v) is 7.76. The summed E-state index contributed by atoms with van der Waals surface area (Å²) >= 11 is 0. The van der Waals surface area contributed by atoms with E-state index < -0.39 is 5.60 Å². The quantitative estimate of drug-likeness (QED) is 0.842. The molecule has 1 aromatic rings. The first kappa shape index (κ1) is 17.4. The fourth-order valence-corrected chi connectivity index (χ4v) is 2.28. The molecule has 23 heavy (non-hydrogen) atoms. The number of carbonyl (C=O) groups is 1. The average Bonchev–Trinajstić information content (AvgIpc) is 3.20. The van der Waals surface area contributed by atoms with Gasteiger partial charge in [-0.3, -0.25) is 0 Å². The van der Waals surface area contributed by atoms with Crippen LogP contribution in [0.2, 0.25) is 0 Å². The second-order valence-electron chi connectivity index (χ2n) is 6.65. The lowest BCUT2D eigenvalue weighted by Crippen LogP contribution is -2.36. The Morgan fingerprint density at radius 2 is 1.96 bits per heavy atom. The third kappa shape index (κ3) is 5.32. The van der Waals surface area contributed by atoms with E-state index in [1.165, 1.54) is 0 Å². The van der Waals surface area contributed by atoms with Crippen LogP contribution in [-0.4, -0.2) is 38.0 Å². The molecule has 0 bridgehead atoms. The molecule has 1 aromatic carbocycles. The van der Waals surface area contributed by atoms with Crippen LogP contribution in [0.3, 0.4) is 0 Å². The number of carbonyl (C=O) groups excluding carboxylic acids is 1. The molecule has 6 heteroatoms. The van der Waals surface area contributed by atoms with Gasteiger partial charge < -0.3 is 24.8 Å². The standard InChI is InChI=1S/C17H26N2O4/c1-17(2,3)23-16(20)19-14-9-13(14)18-10-11-6-7-12(21-4)8-15(11)22-5/h6-8,13-14,18H,9-10H2,1-5H3,(H,19,20). The molecule has 0 aromatic heterocycles. The summed E-state index contributed by atoms with van der Waals surface area (Å²) in [4.78, 5) is 11.7. The minimum Gasteiger partial charge on any atom is -0.497 e. The zero-order chi connectivity index (χ0) is 17.0. The van der Waals surface area contributed by atoms with Crippen LogP contribution in [0.4, 0.5) is 4.79 Å².